The zero-order chi connectivity index (χ0) is 15.2. The van der Waals surface area contributed by atoms with Gasteiger partial charge in [0, 0.05) is 19.6 Å². The number of nitrogens with one attached hydrogen (secondary N) is 1. The number of hydrogen-bond donors (Lipinski definition) is 2. The number of piperidine rings is 2. The van der Waals surface area contributed by atoms with Crippen LogP contribution in [0.5, 0.6) is 0 Å². The minimum absolute atomic E-state index is 0.0539. The van der Waals surface area contributed by atoms with Gasteiger partial charge in [-0.05, 0) is 38.5 Å². The summed E-state index contributed by atoms with van der Waals surface area (Å²) < 4.78 is 0. The molecule has 0 saturated carbocycles. The van der Waals surface area contributed by atoms with E-state index in [-0.39, 0.29) is 12.5 Å². The number of carbonyl (C=O) groups excluding carboxylic acids is 2. The van der Waals surface area contributed by atoms with Crippen molar-refractivity contribution in [2.24, 2.45) is 0 Å². The average Bonchev–Trinajstić information content (AvgIpc) is 2.53. The van der Waals surface area contributed by atoms with Gasteiger partial charge in [-0.1, -0.05) is 0 Å². The molecule has 1 atom stereocenters. The number of hydrogen-bond acceptors (Lipinski definition) is 3. The van der Waals surface area contributed by atoms with Gasteiger partial charge in [-0.2, -0.15) is 0 Å². The summed E-state index contributed by atoms with van der Waals surface area (Å²) >= 11 is 0. The molecule has 1 unspecified atom stereocenters. The lowest BCUT2D eigenvalue weighted by molar-refractivity contribution is -0.143. The van der Waals surface area contributed by atoms with Crippen molar-refractivity contribution >= 4 is 17.9 Å². The minimum atomic E-state index is -0.979. The summed E-state index contributed by atoms with van der Waals surface area (Å²) in [5, 5.41) is 11.7. The number of amides is 3. The second kappa shape index (κ2) is 7.28. The fraction of sp³-hybridized carbons (Fsp3) is 0.786. The van der Waals surface area contributed by atoms with Crippen LogP contribution in [-0.2, 0) is 9.59 Å². The zero-order valence-electron chi connectivity index (χ0n) is 12.2. The van der Waals surface area contributed by atoms with Crippen LogP contribution in [-0.4, -0.2) is 65.0 Å². The Morgan fingerprint density at radius 2 is 1.67 bits per heavy atom. The van der Waals surface area contributed by atoms with Crippen molar-refractivity contribution in [3.8, 4) is 0 Å². The second-order valence-corrected chi connectivity index (χ2v) is 5.64. The van der Waals surface area contributed by atoms with E-state index in [1.165, 1.54) is 4.90 Å². The highest BCUT2D eigenvalue weighted by Crippen LogP contribution is 2.17. The summed E-state index contributed by atoms with van der Waals surface area (Å²) in [6.45, 7) is 1.87. The van der Waals surface area contributed by atoms with Gasteiger partial charge in [0.15, 0.2) is 0 Å². The molecular formula is C14H23N3O4. The van der Waals surface area contributed by atoms with Crippen LogP contribution < -0.4 is 5.32 Å². The van der Waals surface area contributed by atoms with Crippen molar-refractivity contribution in [1.82, 2.24) is 15.1 Å². The first-order valence-electron chi connectivity index (χ1n) is 7.64. The third kappa shape index (κ3) is 4.09. The topological polar surface area (TPSA) is 90.0 Å². The van der Waals surface area contributed by atoms with Gasteiger partial charge in [-0.3, -0.25) is 4.79 Å². The van der Waals surface area contributed by atoms with Crippen LogP contribution in [0.15, 0.2) is 0 Å². The second-order valence-electron chi connectivity index (χ2n) is 5.64. The van der Waals surface area contributed by atoms with Crippen LogP contribution in [0.4, 0.5) is 4.79 Å². The van der Waals surface area contributed by atoms with E-state index in [2.05, 4.69) is 5.32 Å². The third-order valence-corrected chi connectivity index (χ3v) is 4.15. The third-order valence-electron chi connectivity index (χ3n) is 4.15. The van der Waals surface area contributed by atoms with Gasteiger partial charge in [0.25, 0.3) is 0 Å². The van der Waals surface area contributed by atoms with Gasteiger partial charge in [0.05, 0.1) is 6.54 Å². The first kappa shape index (κ1) is 15.6. The highest BCUT2D eigenvalue weighted by molar-refractivity contribution is 5.86. The van der Waals surface area contributed by atoms with E-state index >= 15 is 0 Å². The number of carbonyl (C=O) groups is 3. The summed E-state index contributed by atoms with van der Waals surface area (Å²) in [7, 11) is 0. The number of urea groups is 1. The Bertz CT molecular complexity index is 407. The van der Waals surface area contributed by atoms with Crippen molar-refractivity contribution in [1.29, 1.82) is 0 Å². The summed E-state index contributed by atoms with van der Waals surface area (Å²) in [6.07, 6.45) is 5.25. The Balaban J connectivity index is 1.82. The molecule has 3 amide bonds. The van der Waals surface area contributed by atoms with Crippen molar-refractivity contribution in [2.75, 3.05) is 26.2 Å². The Labute approximate surface area is 124 Å². The maximum absolute atomic E-state index is 12.1. The van der Waals surface area contributed by atoms with Gasteiger partial charge in [-0.25, -0.2) is 9.59 Å². The quantitative estimate of drug-likeness (QED) is 0.800. The smallest absolute Gasteiger partial charge is 0.326 e. The molecule has 0 radical (unpaired) electrons. The van der Waals surface area contributed by atoms with Crippen LogP contribution in [0.1, 0.15) is 38.5 Å². The molecule has 2 saturated heterocycles. The molecule has 2 N–H and O–H groups in total. The average molecular weight is 297 g/mol. The molecule has 0 spiro atoms. The van der Waals surface area contributed by atoms with E-state index in [0.29, 0.717) is 13.0 Å². The molecule has 0 aromatic carbocycles. The van der Waals surface area contributed by atoms with E-state index in [4.69, 9.17) is 5.11 Å². The number of aliphatic carboxylic acids is 1. The molecule has 2 aliphatic heterocycles. The van der Waals surface area contributed by atoms with Gasteiger partial charge in [0.2, 0.25) is 5.91 Å². The lowest BCUT2D eigenvalue weighted by atomic mass is 10.0. The molecule has 2 aliphatic rings. The van der Waals surface area contributed by atoms with Crippen LogP contribution >= 0.6 is 0 Å². The van der Waals surface area contributed by atoms with Crippen LogP contribution in [0, 0.1) is 0 Å². The van der Waals surface area contributed by atoms with Gasteiger partial charge in [-0.15, -0.1) is 0 Å². The molecule has 0 aromatic rings. The number of rotatable bonds is 3. The van der Waals surface area contributed by atoms with Crippen LogP contribution in [0.25, 0.3) is 0 Å². The maximum Gasteiger partial charge on any atom is 0.326 e. The van der Waals surface area contributed by atoms with Crippen molar-refractivity contribution < 1.29 is 19.5 Å². The Morgan fingerprint density at radius 3 is 2.33 bits per heavy atom. The number of carboxylic acid groups (broad SMARTS) is 1. The first-order chi connectivity index (χ1) is 10.1. The molecule has 2 rings (SSSR count). The lowest BCUT2D eigenvalue weighted by Crippen LogP contribution is -2.53. The van der Waals surface area contributed by atoms with Crippen molar-refractivity contribution in [2.45, 2.75) is 44.6 Å². The minimum Gasteiger partial charge on any atom is -0.480 e. The monoisotopic (exact) mass is 297 g/mol. The Morgan fingerprint density at radius 1 is 1.00 bits per heavy atom. The Kier molecular flexibility index (Phi) is 5.41. The largest absolute Gasteiger partial charge is 0.480 e. The summed E-state index contributed by atoms with van der Waals surface area (Å²) in [5.41, 5.74) is 0. The normalized spacial score (nSPS) is 22.8. The first-order valence-corrected chi connectivity index (χ1v) is 7.64. The maximum atomic E-state index is 12.1. The molecule has 2 fully saturated rings. The fourth-order valence-corrected chi connectivity index (χ4v) is 2.94. The predicted molar refractivity (Wildman–Crippen MR) is 75.8 cm³/mol. The molecule has 7 nitrogen and oxygen atoms in total. The predicted octanol–water partition coefficient (Wildman–Crippen LogP) is 0.648. The van der Waals surface area contributed by atoms with E-state index in [9.17, 15) is 14.4 Å². The molecule has 0 aromatic heterocycles. The molecule has 7 heteroatoms. The SMILES string of the molecule is O=C(O)C1CCCCN1C(=O)NCC(=O)N1CCCCC1. The molecule has 2 heterocycles. The van der Waals surface area contributed by atoms with E-state index in [1.807, 2.05) is 0 Å². The molecular weight excluding hydrogens is 274 g/mol. The van der Waals surface area contributed by atoms with Crippen molar-refractivity contribution in [3.05, 3.63) is 0 Å². The van der Waals surface area contributed by atoms with E-state index < -0.39 is 18.0 Å². The lowest BCUT2D eigenvalue weighted by Gasteiger charge is -2.33. The molecule has 0 aliphatic carbocycles. The van der Waals surface area contributed by atoms with Crippen LogP contribution in [0.3, 0.4) is 0 Å². The van der Waals surface area contributed by atoms with Crippen molar-refractivity contribution in [3.63, 3.8) is 0 Å². The number of nitrogens with zero attached hydrogens (tertiary/aromatic N) is 2. The zero-order valence-corrected chi connectivity index (χ0v) is 12.2. The number of likely N-dealkylation sites (tertiary alicyclic amines) is 2. The highest BCUT2D eigenvalue weighted by Gasteiger charge is 2.32. The molecule has 118 valence electrons. The van der Waals surface area contributed by atoms with Gasteiger partial charge in [0.1, 0.15) is 6.04 Å². The number of carboxylic acids is 1. The summed E-state index contributed by atoms with van der Waals surface area (Å²) in [6, 6.07) is -1.23. The highest BCUT2D eigenvalue weighted by atomic mass is 16.4. The van der Waals surface area contributed by atoms with E-state index in [0.717, 1.165) is 45.2 Å². The molecule has 0 bridgehead atoms. The summed E-state index contributed by atoms with van der Waals surface area (Å²) in [4.78, 5) is 38.3. The molecule has 21 heavy (non-hydrogen) atoms. The standard InChI is InChI=1S/C14H23N3O4/c18-12(16-7-3-1-4-8-16)10-15-14(21)17-9-5-2-6-11(17)13(19)20/h11H,1-10H2,(H,15,21)(H,19,20). The summed E-state index contributed by atoms with van der Waals surface area (Å²) in [5.74, 6) is -1.07. The van der Waals surface area contributed by atoms with Gasteiger partial charge >= 0.3 is 12.0 Å². The van der Waals surface area contributed by atoms with Crippen LogP contribution in [0.2, 0.25) is 0 Å². The Hall–Kier alpha value is -1.79. The van der Waals surface area contributed by atoms with Gasteiger partial charge < -0.3 is 20.2 Å². The van der Waals surface area contributed by atoms with E-state index in [1.54, 1.807) is 4.90 Å². The fourth-order valence-electron chi connectivity index (χ4n) is 2.94.